The van der Waals surface area contributed by atoms with Crippen molar-refractivity contribution >= 4 is 33.5 Å². The van der Waals surface area contributed by atoms with E-state index in [4.69, 9.17) is 9.47 Å². The molecule has 0 unspecified atom stereocenters. The van der Waals surface area contributed by atoms with Crippen molar-refractivity contribution in [3.63, 3.8) is 0 Å². The number of aliphatic imine (C=N–C) groups is 1. The molecule has 0 aliphatic carbocycles. The Morgan fingerprint density at radius 2 is 1.86 bits per heavy atom. The highest BCUT2D eigenvalue weighted by molar-refractivity contribution is 9.10. The second-order valence-electron chi connectivity index (χ2n) is 6.10. The number of guanidine groups is 1. The van der Waals surface area contributed by atoms with Crippen LogP contribution in [0.15, 0.2) is 51.9 Å². The Bertz CT molecular complexity index is 857. The highest BCUT2D eigenvalue weighted by Crippen LogP contribution is 2.32. The number of benzene rings is 2. The van der Waals surface area contributed by atoms with Gasteiger partial charge >= 0.3 is 0 Å². The first-order valence-corrected chi connectivity index (χ1v) is 9.86. The van der Waals surface area contributed by atoms with Gasteiger partial charge in [-0.2, -0.15) is 0 Å². The summed E-state index contributed by atoms with van der Waals surface area (Å²) >= 11 is 3.37. The average Bonchev–Trinajstić information content (AvgIpc) is 2.95. The molecule has 0 saturated carbocycles. The van der Waals surface area contributed by atoms with Gasteiger partial charge in [-0.15, -0.1) is 0 Å². The first kappa shape index (κ1) is 20.0. The summed E-state index contributed by atoms with van der Waals surface area (Å²) in [6.07, 6.45) is 0.867. The summed E-state index contributed by atoms with van der Waals surface area (Å²) in [7, 11) is 1.69. The van der Waals surface area contributed by atoms with E-state index >= 15 is 0 Å². The van der Waals surface area contributed by atoms with Crippen molar-refractivity contribution in [1.29, 1.82) is 0 Å². The maximum Gasteiger partial charge on any atom is 0.251 e. The zero-order chi connectivity index (χ0) is 19.8. The molecular formula is C20H23BrN4O3. The Morgan fingerprint density at radius 3 is 2.64 bits per heavy atom. The minimum Gasteiger partial charge on any atom is -0.490 e. The van der Waals surface area contributed by atoms with Gasteiger partial charge in [0.2, 0.25) is 0 Å². The fourth-order valence-corrected chi connectivity index (χ4v) is 3.04. The number of anilines is 1. The Kier molecular flexibility index (Phi) is 7.13. The summed E-state index contributed by atoms with van der Waals surface area (Å²) in [6, 6.07) is 13.0. The lowest BCUT2D eigenvalue weighted by Gasteiger charge is -2.14. The molecular weight excluding hydrogens is 424 g/mol. The van der Waals surface area contributed by atoms with E-state index in [1.54, 1.807) is 19.2 Å². The molecule has 3 N–H and O–H groups in total. The summed E-state index contributed by atoms with van der Waals surface area (Å²) in [5.74, 6) is 1.96. The lowest BCUT2D eigenvalue weighted by Crippen LogP contribution is -2.37. The van der Waals surface area contributed by atoms with Crippen LogP contribution in [0, 0.1) is 0 Å². The summed E-state index contributed by atoms with van der Waals surface area (Å²) in [6.45, 7) is 2.30. The molecule has 1 heterocycles. The molecule has 0 atom stereocenters. The average molecular weight is 447 g/mol. The van der Waals surface area contributed by atoms with Crippen molar-refractivity contribution in [1.82, 2.24) is 10.6 Å². The van der Waals surface area contributed by atoms with E-state index in [2.05, 4.69) is 36.9 Å². The van der Waals surface area contributed by atoms with E-state index in [-0.39, 0.29) is 5.91 Å². The van der Waals surface area contributed by atoms with Gasteiger partial charge in [-0.3, -0.25) is 9.79 Å². The number of hydrogen-bond acceptors (Lipinski definition) is 4. The Morgan fingerprint density at radius 1 is 1.07 bits per heavy atom. The van der Waals surface area contributed by atoms with E-state index < -0.39 is 0 Å². The molecule has 2 aromatic rings. The van der Waals surface area contributed by atoms with Crippen LogP contribution < -0.4 is 25.4 Å². The minimum atomic E-state index is -0.117. The normalized spacial score (nSPS) is 13.4. The number of ether oxygens (including phenoxy) is 2. The number of amides is 1. The standard InChI is InChI=1S/C20H23BrN4O3/c1-22-20(24-9-8-23-19(26)14-4-2-5-15(21)12-14)25-16-6-7-17-18(13-16)28-11-3-10-27-17/h2,4-7,12-13H,3,8-11H2,1H3,(H,23,26)(H2,22,24,25). The Balaban J connectivity index is 1.47. The van der Waals surface area contributed by atoms with E-state index in [1.807, 2.05) is 30.3 Å². The summed E-state index contributed by atoms with van der Waals surface area (Å²) in [5.41, 5.74) is 1.46. The lowest BCUT2D eigenvalue weighted by molar-refractivity contribution is 0.0954. The van der Waals surface area contributed by atoms with Gasteiger partial charge in [0, 0.05) is 48.3 Å². The minimum absolute atomic E-state index is 0.117. The van der Waals surface area contributed by atoms with Gasteiger partial charge in [0.05, 0.1) is 13.2 Å². The molecule has 0 spiro atoms. The number of halogens is 1. The van der Waals surface area contributed by atoms with E-state index in [1.165, 1.54) is 0 Å². The molecule has 8 heteroatoms. The number of nitrogens with one attached hydrogen (secondary N) is 3. The van der Waals surface area contributed by atoms with Crippen LogP contribution in [0.3, 0.4) is 0 Å². The van der Waals surface area contributed by atoms with Crippen LogP contribution in [0.4, 0.5) is 5.69 Å². The second-order valence-corrected chi connectivity index (χ2v) is 7.02. The maximum atomic E-state index is 12.1. The van der Waals surface area contributed by atoms with Crippen LogP contribution in [-0.4, -0.2) is 45.2 Å². The van der Waals surface area contributed by atoms with Crippen LogP contribution in [0.25, 0.3) is 0 Å². The molecule has 1 amide bonds. The fourth-order valence-electron chi connectivity index (χ4n) is 2.65. The highest BCUT2D eigenvalue weighted by atomic mass is 79.9. The third-order valence-electron chi connectivity index (χ3n) is 4.02. The van der Waals surface area contributed by atoms with Crippen molar-refractivity contribution in [3.05, 3.63) is 52.5 Å². The smallest absolute Gasteiger partial charge is 0.251 e. The topological polar surface area (TPSA) is 84.0 Å². The monoisotopic (exact) mass is 446 g/mol. The zero-order valence-corrected chi connectivity index (χ0v) is 17.2. The molecule has 7 nitrogen and oxygen atoms in total. The van der Waals surface area contributed by atoms with Crippen LogP contribution in [0.1, 0.15) is 16.8 Å². The fraction of sp³-hybridized carbons (Fsp3) is 0.300. The Hall–Kier alpha value is -2.74. The molecule has 0 aromatic heterocycles. The first-order valence-electron chi connectivity index (χ1n) is 9.07. The molecule has 2 aromatic carbocycles. The van der Waals surface area contributed by atoms with Crippen LogP contribution in [0.5, 0.6) is 11.5 Å². The Labute approximate surface area is 172 Å². The largest absolute Gasteiger partial charge is 0.490 e. The van der Waals surface area contributed by atoms with E-state index in [0.29, 0.717) is 37.8 Å². The van der Waals surface area contributed by atoms with Crippen molar-refractivity contribution in [2.24, 2.45) is 4.99 Å². The van der Waals surface area contributed by atoms with Gasteiger partial charge in [0.15, 0.2) is 17.5 Å². The number of nitrogens with zero attached hydrogens (tertiary/aromatic N) is 1. The number of rotatable bonds is 5. The number of carbonyl (C=O) groups excluding carboxylic acids is 1. The van der Waals surface area contributed by atoms with Gasteiger partial charge < -0.3 is 25.4 Å². The quantitative estimate of drug-likeness (QED) is 0.373. The summed E-state index contributed by atoms with van der Waals surface area (Å²) in [4.78, 5) is 16.3. The molecule has 3 rings (SSSR count). The van der Waals surface area contributed by atoms with Gasteiger partial charge in [0.1, 0.15) is 0 Å². The van der Waals surface area contributed by atoms with Gasteiger partial charge in [0.25, 0.3) is 5.91 Å². The van der Waals surface area contributed by atoms with Crippen LogP contribution >= 0.6 is 15.9 Å². The number of hydrogen-bond donors (Lipinski definition) is 3. The van der Waals surface area contributed by atoms with Gasteiger partial charge in [-0.05, 0) is 30.3 Å². The third-order valence-corrected chi connectivity index (χ3v) is 4.52. The molecule has 1 aliphatic heterocycles. The molecule has 0 fully saturated rings. The summed E-state index contributed by atoms with van der Waals surface area (Å²) in [5, 5.41) is 9.26. The van der Waals surface area contributed by atoms with Crippen molar-refractivity contribution in [3.8, 4) is 11.5 Å². The molecule has 0 bridgehead atoms. The SMILES string of the molecule is CN=C(NCCNC(=O)c1cccc(Br)c1)Nc1ccc2c(c1)OCCCO2. The van der Waals surface area contributed by atoms with Crippen LogP contribution in [0.2, 0.25) is 0 Å². The molecule has 28 heavy (non-hydrogen) atoms. The molecule has 148 valence electrons. The zero-order valence-electron chi connectivity index (χ0n) is 15.6. The van der Waals surface area contributed by atoms with Gasteiger partial charge in [-0.25, -0.2) is 0 Å². The van der Waals surface area contributed by atoms with Gasteiger partial charge in [-0.1, -0.05) is 22.0 Å². The predicted molar refractivity (Wildman–Crippen MR) is 114 cm³/mol. The maximum absolute atomic E-state index is 12.1. The third kappa shape index (κ3) is 5.63. The number of carbonyl (C=O) groups is 1. The molecule has 1 aliphatic rings. The van der Waals surface area contributed by atoms with Crippen molar-refractivity contribution < 1.29 is 14.3 Å². The van der Waals surface area contributed by atoms with Crippen molar-refractivity contribution in [2.45, 2.75) is 6.42 Å². The second kappa shape index (κ2) is 9.98. The van der Waals surface area contributed by atoms with Crippen LogP contribution in [-0.2, 0) is 0 Å². The molecule has 0 saturated heterocycles. The summed E-state index contributed by atoms with van der Waals surface area (Å²) < 4.78 is 12.2. The lowest BCUT2D eigenvalue weighted by atomic mass is 10.2. The van der Waals surface area contributed by atoms with Crippen molar-refractivity contribution in [2.75, 3.05) is 38.7 Å². The van der Waals surface area contributed by atoms with E-state index in [0.717, 1.165) is 28.1 Å². The number of fused-ring (bicyclic) bond motifs is 1. The van der Waals surface area contributed by atoms with E-state index in [9.17, 15) is 4.79 Å². The predicted octanol–water partition coefficient (Wildman–Crippen LogP) is 3.03. The molecule has 0 radical (unpaired) electrons. The highest BCUT2D eigenvalue weighted by Gasteiger charge is 2.11. The first-order chi connectivity index (χ1) is 13.7.